The summed E-state index contributed by atoms with van der Waals surface area (Å²) in [4.78, 5) is 15.8. The minimum atomic E-state index is -0.282. The number of aromatic nitrogens is 3. The number of aromatic hydroxyl groups is 2. The molecule has 2 fully saturated rings. The van der Waals surface area contributed by atoms with Crippen LogP contribution in [0.2, 0.25) is 0 Å². The number of carbonyl (C=O) groups is 1. The molecule has 202 valence electrons. The highest BCUT2D eigenvalue weighted by Crippen LogP contribution is 2.38. The SMILES string of the molecule is CC(C)c1cc(-c2nnc(C(=O)NC3CCCCC3)n2-c2ccc(CN3CCOCC3)cc2)c(O)cc1O. The van der Waals surface area contributed by atoms with E-state index >= 15 is 0 Å². The number of hydrogen-bond donors (Lipinski definition) is 3. The summed E-state index contributed by atoms with van der Waals surface area (Å²) in [6, 6.07) is 11.2. The fourth-order valence-electron chi connectivity index (χ4n) is 5.35. The first-order chi connectivity index (χ1) is 18.4. The minimum Gasteiger partial charge on any atom is -0.508 e. The van der Waals surface area contributed by atoms with Crippen molar-refractivity contribution in [3.8, 4) is 28.6 Å². The molecule has 0 spiro atoms. The van der Waals surface area contributed by atoms with Gasteiger partial charge >= 0.3 is 0 Å². The van der Waals surface area contributed by atoms with Gasteiger partial charge in [-0.3, -0.25) is 14.3 Å². The van der Waals surface area contributed by atoms with E-state index in [9.17, 15) is 15.0 Å². The highest BCUT2D eigenvalue weighted by molar-refractivity contribution is 5.92. The molecule has 1 saturated carbocycles. The van der Waals surface area contributed by atoms with Crippen LogP contribution in [0.5, 0.6) is 11.5 Å². The second-order valence-electron chi connectivity index (χ2n) is 10.6. The first-order valence-electron chi connectivity index (χ1n) is 13.6. The molecule has 2 aromatic carbocycles. The van der Waals surface area contributed by atoms with Crippen molar-refractivity contribution in [3.63, 3.8) is 0 Å². The predicted molar refractivity (Wildman–Crippen MR) is 145 cm³/mol. The van der Waals surface area contributed by atoms with Crippen molar-refractivity contribution in [3.05, 3.63) is 53.3 Å². The van der Waals surface area contributed by atoms with E-state index in [0.717, 1.165) is 69.8 Å². The molecule has 2 heterocycles. The third-order valence-electron chi connectivity index (χ3n) is 7.52. The highest BCUT2D eigenvalue weighted by Gasteiger charge is 2.26. The molecule has 3 N–H and O–H groups in total. The van der Waals surface area contributed by atoms with Gasteiger partial charge in [0.1, 0.15) is 11.5 Å². The van der Waals surface area contributed by atoms with Crippen LogP contribution in [0.4, 0.5) is 0 Å². The smallest absolute Gasteiger partial charge is 0.289 e. The lowest BCUT2D eigenvalue weighted by Gasteiger charge is -2.26. The molecule has 1 aliphatic heterocycles. The molecule has 9 nitrogen and oxygen atoms in total. The van der Waals surface area contributed by atoms with Gasteiger partial charge in [0, 0.05) is 37.4 Å². The Morgan fingerprint density at radius 1 is 1.03 bits per heavy atom. The molecule has 1 saturated heterocycles. The van der Waals surface area contributed by atoms with Crippen LogP contribution in [0, 0.1) is 0 Å². The third kappa shape index (κ3) is 5.68. The Kier molecular flexibility index (Phi) is 7.95. The maximum absolute atomic E-state index is 13.4. The van der Waals surface area contributed by atoms with E-state index < -0.39 is 0 Å². The normalized spacial score (nSPS) is 17.1. The van der Waals surface area contributed by atoms with Crippen LogP contribution in [-0.4, -0.2) is 68.1 Å². The van der Waals surface area contributed by atoms with Gasteiger partial charge in [0.25, 0.3) is 5.91 Å². The van der Waals surface area contributed by atoms with E-state index in [4.69, 9.17) is 4.74 Å². The van der Waals surface area contributed by atoms with Crippen LogP contribution in [0.15, 0.2) is 36.4 Å². The summed E-state index contributed by atoms with van der Waals surface area (Å²) < 4.78 is 7.16. The second-order valence-corrected chi connectivity index (χ2v) is 10.6. The summed E-state index contributed by atoms with van der Waals surface area (Å²) >= 11 is 0. The van der Waals surface area contributed by atoms with Crippen LogP contribution in [0.1, 0.15) is 73.6 Å². The molecule has 1 aliphatic carbocycles. The van der Waals surface area contributed by atoms with Gasteiger partial charge < -0.3 is 20.3 Å². The molecule has 1 aromatic heterocycles. The van der Waals surface area contributed by atoms with Gasteiger partial charge in [0.15, 0.2) is 5.82 Å². The summed E-state index contributed by atoms with van der Waals surface area (Å²) in [5.41, 5.74) is 2.98. The van der Waals surface area contributed by atoms with E-state index in [1.807, 2.05) is 38.1 Å². The molecule has 0 radical (unpaired) electrons. The average Bonchev–Trinajstić information content (AvgIpc) is 3.35. The monoisotopic (exact) mass is 519 g/mol. The van der Waals surface area contributed by atoms with Crippen LogP contribution in [0.3, 0.4) is 0 Å². The number of carbonyl (C=O) groups excluding carboxylic acids is 1. The highest BCUT2D eigenvalue weighted by atomic mass is 16.5. The third-order valence-corrected chi connectivity index (χ3v) is 7.52. The van der Waals surface area contributed by atoms with Gasteiger partial charge in [-0.05, 0) is 48.1 Å². The molecule has 5 rings (SSSR count). The van der Waals surface area contributed by atoms with Crippen molar-refractivity contribution < 1.29 is 19.7 Å². The lowest BCUT2D eigenvalue weighted by Crippen LogP contribution is -2.37. The number of morpholine rings is 1. The lowest BCUT2D eigenvalue weighted by atomic mass is 9.95. The summed E-state index contributed by atoms with van der Waals surface area (Å²) in [5, 5.41) is 33.0. The van der Waals surface area contributed by atoms with Crippen molar-refractivity contribution >= 4 is 5.91 Å². The van der Waals surface area contributed by atoms with Crippen LogP contribution in [0.25, 0.3) is 17.1 Å². The fraction of sp³-hybridized carbons (Fsp3) is 0.483. The van der Waals surface area contributed by atoms with Gasteiger partial charge in [-0.2, -0.15) is 0 Å². The zero-order valence-electron chi connectivity index (χ0n) is 22.2. The van der Waals surface area contributed by atoms with Crippen LogP contribution >= 0.6 is 0 Å². The molecule has 9 heteroatoms. The summed E-state index contributed by atoms with van der Waals surface area (Å²) in [6.07, 6.45) is 5.32. The molecule has 0 unspecified atom stereocenters. The first-order valence-corrected chi connectivity index (χ1v) is 13.6. The van der Waals surface area contributed by atoms with Gasteiger partial charge in [-0.1, -0.05) is 45.2 Å². The summed E-state index contributed by atoms with van der Waals surface area (Å²) in [6.45, 7) is 8.06. The Hall–Kier alpha value is -3.43. The summed E-state index contributed by atoms with van der Waals surface area (Å²) in [5.74, 6) is 0.164. The topological polar surface area (TPSA) is 113 Å². The molecular formula is C29H37N5O4. The van der Waals surface area contributed by atoms with Gasteiger partial charge in [0.2, 0.25) is 5.82 Å². The molecule has 3 aromatic rings. The number of amides is 1. The quantitative estimate of drug-likeness (QED) is 0.425. The van der Waals surface area contributed by atoms with Gasteiger partial charge in [-0.15, -0.1) is 10.2 Å². The molecule has 2 aliphatic rings. The number of benzene rings is 2. The molecule has 0 bridgehead atoms. The Morgan fingerprint density at radius 3 is 2.42 bits per heavy atom. The van der Waals surface area contributed by atoms with E-state index in [0.29, 0.717) is 17.0 Å². The maximum Gasteiger partial charge on any atom is 0.289 e. The largest absolute Gasteiger partial charge is 0.508 e. The lowest BCUT2D eigenvalue weighted by molar-refractivity contribution is 0.0342. The minimum absolute atomic E-state index is 0.0232. The van der Waals surface area contributed by atoms with E-state index in [1.54, 1.807) is 10.6 Å². The summed E-state index contributed by atoms with van der Waals surface area (Å²) in [7, 11) is 0. The Morgan fingerprint density at radius 2 is 1.74 bits per heavy atom. The average molecular weight is 520 g/mol. The van der Waals surface area contributed by atoms with Gasteiger partial charge in [-0.25, -0.2) is 0 Å². The number of phenolic OH excluding ortho intramolecular Hbond substituents is 2. The molecule has 1 amide bonds. The Balaban J connectivity index is 1.52. The molecular weight excluding hydrogens is 482 g/mol. The zero-order valence-corrected chi connectivity index (χ0v) is 22.2. The van der Waals surface area contributed by atoms with Crippen molar-refractivity contribution in [2.45, 2.75) is 64.5 Å². The molecule has 0 atom stereocenters. The standard InChI is InChI=1S/C29H37N5O4/c1-19(2)23-16-24(26(36)17-25(23)35)27-31-32-28(29(37)30-21-6-4-3-5-7-21)34(27)22-10-8-20(9-11-22)18-33-12-14-38-15-13-33/h8-11,16-17,19,21,35-36H,3-7,12-15,18H2,1-2H3,(H,30,37). The second kappa shape index (κ2) is 11.5. The molecule has 38 heavy (non-hydrogen) atoms. The van der Waals surface area contributed by atoms with E-state index in [1.165, 1.54) is 12.5 Å². The number of phenols is 2. The number of nitrogens with one attached hydrogen (secondary N) is 1. The van der Waals surface area contributed by atoms with E-state index in [2.05, 4.69) is 20.4 Å². The maximum atomic E-state index is 13.4. The van der Waals surface area contributed by atoms with Crippen molar-refractivity contribution in [1.82, 2.24) is 25.0 Å². The number of hydrogen-bond acceptors (Lipinski definition) is 7. The Labute approximate surface area is 223 Å². The van der Waals surface area contributed by atoms with Crippen molar-refractivity contribution in [1.29, 1.82) is 0 Å². The van der Waals surface area contributed by atoms with Crippen LogP contribution in [-0.2, 0) is 11.3 Å². The van der Waals surface area contributed by atoms with Crippen LogP contribution < -0.4 is 5.32 Å². The zero-order chi connectivity index (χ0) is 26.6. The van der Waals surface area contributed by atoms with E-state index in [-0.39, 0.29) is 35.2 Å². The number of rotatable bonds is 7. The van der Waals surface area contributed by atoms with Crippen molar-refractivity contribution in [2.24, 2.45) is 0 Å². The Bertz CT molecular complexity index is 1260. The first kappa shape index (κ1) is 26.2. The fourth-order valence-corrected chi connectivity index (χ4v) is 5.35. The number of nitrogens with zero attached hydrogens (tertiary/aromatic N) is 4. The number of ether oxygens (including phenoxy) is 1. The van der Waals surface area contributed by atoms with Crippen molar-refractivity contribution in [2.75, 3.05) is 26.3 Å². The van der Waals surface area contributed by atoms with Gasteiger partial charge in [0.05, 0.1) is 18.8 Å². The predicted octanol–water partition coefficient (Wildman–Crippen LogP) is 4.36.